The minimum Gasteiger partial charge on any atom is -0.489 e. The Morgan fingerprint density at radius 3 is 2.37 bits per heavy atom. The van der Waals surface area contributed by atoms with E-state index in [9.17, 15) is 23.6 Å². The van der Waals surface area contributed by atoms with Crippen LogP contribution in [0, 0.1) is 5.82 Å². The van der Waals surface area contributed by atoms with Crippen molar-refractivity contribution in [3.8, 4) is 11.5 Å². The second kappa shape index (κ2) is 13.1. The van der Waals surface area contributed by atoms with Crippen LogP contribution in [-0.4, -0.2) is 30.4 Å². The topological polar surface area (TPSA) is 114 Å². The zero-order valence-electron chi connectivity index (χ0n) is 22.4. The molecule has 0 aromatic heterocycles. The number of para-hydroxylation sites is 1. The van der Waals surface area contributed by atoms with Gasteiger partial charge in [0.25, 0.3) is 17.7 Å². The van der Waals surface area contributed by atoms with Gasteiger partial charge in [0.2, 0.25) is 0 Å². The van der Waals surface area contributed by atoms with E-state index in [1.54, 1.807) is 30.3 Å². The van der Waals surface area contributed by atoms with E-state index in [1.165, 1.54) is 42.5 Å². The van der Waals surface area contributed by atoms with Crippen molar-refractivity contribution in [2.24, 2.45) is 0 Å². The molecule has 4 aromatic rings. The Morgan fingerprint density at radius 1 is 0.907 bits per heavy atom. The van der Waals surface area contributed by atoms with E-state index < -0.39 is 36.2 Å². The fourth-order valence-corrected chi connectivity index (χ4v) is 4.51. The molecule has 0 saturated carbocycles. The molecule has 2 N–H and O–H groups in total. The summed E-state index contributed by atoms with van der Waals surface area (Å²) in [5.74, 6) is -2.26. The highest BCUT2D eigenvalue weighted by molar-refractivity contribution is 9.10. The molecule has 0 bridgehead atoms. The molecule has 216 valence electrons. The van der Waals surface area contributed by atoms with Gasteiger partial charge in [0.05, 0.1) is 11.4 Å². The van der Waals surface area contributed by atoms with Crippen LogP contribution in [0.3, 0.4) is 0 Å². The molecule has 1 aliphatic heterocycles. The van der Waals surface area contributed by atoms with Gasteiger partial charge in [-0.2, -0.15) is 0 Å². The van der Waals surface area contributed by atoms with Crippen LogP contribution in [0.4, 0.5) is 20.6 Å². The third-order valence-electron chi connectivity index (χ3n) is 6.22. The van der Waals surface area contributed by atoms with Crippen LogP contribution in [0.25, 0.3) is 6.08 Å². The number of urea groups is 1. The maximum atomic E-state index is 13.9. The molecule has 1 heterocycles. The third-order valence-corrected chi connectivity index (χ3v) is 6.72. The van der Waals surface area contributed by atoms with Crippen LogP contribution >= 0.6 is 15.9 Å². The predicted molar refractivity (Wildman–Crippen MR) is 161 cm³/mol. The van der Waals surface area contributed by atoms with Gasteiger partial charge in [-0.05, 0) is 66.2 Å². The van der Waals surface area contributed by atoms with E-state index in [-0.39, 0.29) is 28.3 Å². The van der Waals surface area contributed by atoms with Gasteiger partial charge in [0.15, 0.2) is 6.61 Å². The van der Waals surface area contributed by atoms with E-state index in [0.29, 0.717) is 16.8 Å². The number of imide groups is 2. The highest BCUT2D eigenvalue weighted by atomic mass is 79.9. The average Bonchev–Trinajstić information content (AvgIpc) is 3.00. The minimum absolute atomic E-state index is 0.000677. The lowest BCUT2D eigenvalue weighted by molar-refractivity contribution is -0.122. The van der Waals surface area contributed by atoms with Crippen LogP contribution in [0.15, 0.2) is 107 Å². The largest absolute Gasteiger partial charge is 0.489 e. The number of barbiturate groups is 1. The summed E-state index contributed by atoms with van der Waals surface area (Å²) in [4.78, 5) is 52.1. The number of hydrogen-bond acceptors (Lipinski definition) is 6. The first-order chi connectivity index (χ1) is 20.8. The summed E-state index contributed by atoms with van der Waals surface area (Å²) in [6.07, 6.45) is 1.27. The smallest absolute Gasteiger partial charge is 0.335 e. The molecule has 9 nitrogen and oxygen atoms in total. The molecule has 1 fully saturated rings. The van der Waals surface area contributed by atoms with Crippen molar-refractivity contribution in [3.63, 3.8) is 0 Å². The van der Waals surface area contributed by atoms with Crippen molar-refractivity contribution in [3.05, 3.63) is 124 Å². The minimum atomic E-state index is -0.902. The maximum Gasteiger partial charge on any atom is 0.335 e. The van der Waals surface area contributed by atoms with Gasteiger partial charge in [-0.3, -0.25) is 19.7 Å². The number of benzene rings is 4. The van der Waals surface area contributed by atoms with Crippen molar-refractivity contribution in [1.82, 2.24) is 5.32 Å². The van der Waals surface area contributed by atoms with Crippen molar-refractivity contribution >= 4 is 57.1 Å². The van der Waals surface area contributed by atoms with Crippen molar-refractivity contribution < 1.29 is 33.0 Å². The van der Waals surface area contributed by atoms with E-state index >= 15 is 0 Å². The molecule has 0 atom stereocenters. The lowest BCUT2D eigenvalue weighted by Crippen LogP contribution is -2.54. The van der Waals surface area contributed by atoms with Crippen LogP contribution in [0.1, 0.15) is 11.1 Å². The molecular formula is C32H23BrFN3O6. The highest BCUT2D eigenvalue weighted by Gasteiger charge is 2.37. The summed E-state index contributed by atoms with van der Waals surface area (Å²) >= 11 is 3.35. The standard InChI is InChI=1S/C32H23BrFN3O6/c33-22-10-15-28(43-19-29(38)35-27-9-5-4-8-26(27)34)21(16-22)17-25-30(39)36-32(41)37(31(25)40)23-11-13-24(14-12-23)42-18-20-6-2-1-3-7-20/h1-17H,18-19H2,(H,35,38)(H,36,39,41)/b25-17-. The van der Waals surface area contributed by atoms with E-state index in [4.69, 9.17) is 9.47 Å². The molecule has 4 aromatic carbocycles. The van der Waals surface area contributed by atoms with E-state index in [1.807, 2.05) is 30.3 Å². The van der Waals surface area contributed by atoms with Crippen molar-refractivity contribution in [2.45, 2.75) is 6.61 Å². The number of carbonyl (C=O) groups is 4. The number of halogens is 2. The number of nitrogens with one attached hydrogen (secondary N) is 2. The summed E-state index contributed by atoms with van der Waals surface area (Å²) < 4.78 is 25.9. The summed E-state index contributed by atoms with van der Waals surface area (Å²) in [6, 6.07) is 25.4. The van der Waals surface area contributed by atoms with Gasteiger partial charge >= 0.3 is 6.03 Å². The SMILES string of the molecule is O=C(COc1ccc(Br)cc1/C=C1/C(=O)NC(=O)N(c2ccc(OCc3ccccc3)cc2)C1=O)Nc1ccccc1F. The predicted octanol–water partition coefficient (Wildman–Crippen LogP) is 5.85. The first kappa shape index (κ1) is 29.2. The third kappa shape index (κ3) is 7.14. The fourth-order valence-electron chi connectivity index (χ4n) is 4.14. The average molecular weight is 644 g/mol. The molecule has 5 amide bonds. The van der Waals surface area contributed by atoms with Crippen molar-refractivity contribution in [2.75, 3.05) is 16.8 Å². The Labute approximate surface area is 254 Å². The number of carbonyl (C=O) groups excluding carboxylic acids is 4. The molecule has 11 heteroatoms. The molecular weight excluding hydrogens is 621 g/mol. The Morgan fingerprint density at radius 2 is 1.63 bits per heavy atom. The van der Waals surface area contributed by atoms with Crippen LogP contribution < -0.4 is 25.0 Å². The zero-order valence-corrected chi connectivity index (χ0v) is 24.0. The number of hydrogen-bond donors (Lipinski definition) is 2. The Hall–Kier alpha value is -5.29. The molecule has 0 spiro atoms. The highest BCUT2D eigenvalue weighted by Crippen LogP contribution is 2.29. The Bertz CT molecular complexity index is 1730. The Balaban J connectivity index is 1.32. The molecule has 1 saturated heterocycles. The Kier molecular flexibility index (Phi) is 8.92. The first-order valence-electron chi connectivity index (χ1n) is 12.9. The quantitative estimate of drug-likeness (QED) is 0.175. The van der Waals surface area contributed by atoms with Gasteiger partial charge in [0, 0.05) is 10.0 Å². The van der Waals surface area contributed by atoms with Gasteiger partial charge < -0.3 is 14.8 Å². The van der Waals surface area contributed by atoms with E-state index in [0.717, 1.165) is 10.5 Å². The molecule has 43 heavy (non-hydrogen) atoms. The fraction of sp³-hybridized carbons (Fsp3) is 0.0625. The summed E-state index contributed by atoms with van der Waals surface area (Å²) in [7, 11) is 0. The second-order valence-corrected chi connectivity index (χ2v) is 10.1. The normalized spacial score (nSPS) is 14.0. The second-order valence-electron chi connectivity index (χ2n) is 9.22. The number of amides is 5. The van der Waals surface area contributed by atoms with Crippen LogP contribution in [-0.2, 0) is 21.0 Å². The molecule has 1 aliphatic rings. The van der Waals surface area contributed by atoms with Gasteiger partial charge in [-0.25, -0.2) is 14.1 Å². The first-order valence-corrected chi connectivity index (χ1v) is 13.7. The van der Waals surface area contributed by atoms with Crippen LogP contribution in [0.5, 0.6) is 11.5 Å². The lowest BCUT2D eigenvalue weighted by atomic mass is 10.1. The molecule has 0 unspecified atom stereocenters. The molecule has 5 rings (SSSR count). The monoisotopic (exact) mass is 643 g/mol. The number of nitrogens with zero attached hydrogens (tertiary/aromatic N) is 1. The van der Waals surface area contributed by atoms with E-state index in [2.05, 4.69) is 26.6 Å². The summed E-state index contributed by atoms with van der Waals surface area (Å²) in [5.41, 5.74) is 1.16. The molecule has 0 aliphatic carbocycles. The molecule has 0 radical (unpaired) electrons. The van der Waals surface area contributed by atoms with Gasteiger partial charge in [-0.1, -0.05) is 58.4 Å². The number of anilines is 2. The number of ether oxygens (including phenoxy) is 2. The van der Waals surface area contributed by atoms with Crippen LogP contribution in [0.2, 0.25) is 0 Å². The van der Waals surface area contributed by atoms with Crippen molar-refractivity contribution in [1.29, 1.82) is 0 Å². The summed E-state index contributed by atoms with van der Waals surface area (Å²) in [6.45, 7) is -0.137. The number of rotatable bonds is 9. The maximum absolute atomic E-state index is 13.9. The van der Waals surface area contributed by atoms with Gasteiger partial charge in [0.1, 0.15) is 29.5 Å². The van der Waals surface area contributed by atoms with Gasteiger partial charge in [-0.15, -0.1) is 0 Å². The lowest BCUT2D eigenvalue weighted by Gasteiger charge is -2.26. The zero-order chi connectivity index (χ0) is 30.3. The summed E-state index contributed by atoms with van der Waals surface area (Å²) in [5, 5.41) is 4.60.